The van der Waals surface area contributed by atoms with Gasteiger partial charge in [0.25, 0.3) is 0 Å². The van der Waals surface area contributed by atoms with Crippen molar-refractivity contribution in [2.24, 2.45) is 0 Å². The summed E-state index contributed by atoms with van der Waals surface area (Å²) in [6, 6.07) is 5.77. The van der Waals surface area contributed by atoms with Gasteiger partial charge in [-0.2, -0.15) is 10.1 Å². The molecule has 0 aliphatic rings. The Morgan fingerprint density at radius 3 is 3.00 bits per heavy atom. The lowest BCUT2D eigenvalue weighted by Crippen LogP contribution is -1.97. The van der Waals surface area contributed by atoms with E-state index in [-0.39, 0.29) is 0 Å². The van der Waals surface area contributed by atoms with Crippen LogP contribution in [0.15, 0.2) is 40.6 Å². The van der Waals surface area contributed by atoms with Gasteiger partial charge in [0.15, 0.2) is 5.65 Å². The summed E-state index contributed by atoms with van der Waals surface area (Å²) >= 11 is 1.49. The molecule has 3 rings (SSSR count). The van der Waals surface area contributed by atoms with Crippen LogP contribution in [0.5, 0.6) is 0 Å². The maximum absolute atomic E-state index is 4.43. The van der Waals surface area contributed by atoms with E-state index in [4.69, 9.17) is 0 Å². The van der Waals surface area contributed by atoms with Gasteiger partial charge in [0.2, 0.25) is 5.95 Å². The van der Waals surface area contributed by atoms with Gasteiger partial charge in [0.05, 0.1) is 11.6 Å². The minimum atomic E-state index is 0.560. The van der Waals surface area contributed by atoms with E-state index in [9.17, 15) is 0 Å². The van der Waals surface area contributed by atoms with Gasteiger partial charge < -0.3 is 5.32 Å². The number of anilines is 1. The molecule has 0 saturated carbocycles. The van der Waals surface area contributed by atoms with Crippen LogP contribution in [-0.4, -0.2) is 32.2 Å². The van der Waals surface area contributed by atoms with Crippen LogP contribution in [0.25, 0.3) is 11.0 Å². The molecule has 0 aromatic carbocycles. The number of hydrogen-bond acceptors (Lipinski definition) is 6. The third kappa shape index (κ3) is 2.00. The van der Waals surface area contributed by atoms with Crippen molar-refractivity contribution >= 4 is 28.7 Å². The number of fused-ring (bicyclic) bond motifs is 1. The second-order valence-electron chi connectivity index (χ2n) is 3.50. The highest BCUT2D eigenvalue weighted by Crippen LogP contribution is 2.29. The number of nitrogens with zero attached hydrogens (tertiary/aromatic N) is 4. The van der Waals surface area contributed by atoms with E-state index in [1.807, 2.05) is 18.2 Å². The van der Waals surface area contributed by atoms with Gasteiger partial charge in [-0.15, -0.1) is 0 Å². The highest BCUT2D eigenvalue weighted by atomic mass is 32.2. The van der Waals surface area contributed by atoms with Crippen LogP contribution in [-0.2, 0) is 0 Å². The number of hydrogen-bond donors (Lipinski definition) is 2. The van der Waals surface area contributed by atoms with Crippen molar-refractivity contribution in [2.45, 2.75) is 10.1 Å². The molecule has 0 atom stereocenters. The van der Waals surface area contributed by atoms with Crippen molar-refractivity contribution in [1.29, 1.82) is 0 Å². The maximum atomic E-state index is 4.43. The minimum Gasteiger partial charge on any atom is -0.357 e. The SMILES string of the molecule is CNc1nc(Sc2ccccn2)c2cn[nH]c2n1. The zero-order chi connectivity index (χ0) is 12.4. The molecule has 0 amide bonds. The summed E-state index contributed by atoms with van der Waals surface area (Å²) in [7, 11) is 1.78. The lowest BCUT2D eigenvalue weighted by molar-refractivity contribution is 1.06. The summed E-state index contributed by atoms with van der Waals surface area (Å²) in [6.07, 6.45) is 3.48. The predicted molar refractivity (Wildman–Crippen MR) is 69.6 cm³/mol. The Hall–Kier alpha value is -2.15. The van der Waals surface area contributed by atoms with Gasteiger partial charge in [-0.3, -0.25) is 5.10 Å². The molecule has 0 fully saturated rings. The van der Waals surface area contributed by atoms with Crippen LogP contribution in [0.2, 0.25) is 0 Å². The van der Waals surface area contributed by atoms with Gasteiger partial charge in [0, 0.05) is 13.2 Å². The summed E-state index contributed by atoms with van der Waals surface area (Å²) < 4.78 is 0. The van der Waals surface area contributed by atoms with E-state index >= 15 is 0 Å². The monoisotopic (exact) mass is 258 g/mol. The first-order valence-corrected chi connectivity index (χ1v) is 6.16. The fraction of sp³-hybridized carbons (Fsp3) is 0.0909. The molecule has 7 heteroatoms. The van der Waals surface area contributed by atoms with Crippen molar-refractivity contribution in [3.05, 3.63) is 30.6 Å². The number of pyridine rings is 1. The molecule has 3 aromatic rings. The van der Waals surface area contributed by atoms with Gasteiger partial charge in [-0.25, -0.2) is 9.97 Å². The second-order valence-corrected chi connectivity index (χ2v) is 4.51. The first-order chi connectivity index (χ1) is 8.86. The molecule has 0 radical (unpaired) electrons. The molecule has 90 valence electrons. The fourth-order valence-corrected chi connectivity index (χ4v) is 2.35. The molecule has 0 aliphatic heterocycles. The Morgan fingerprint density at radius 2 is 2.22 bits per heavy atom. The molecule has 0 bridgehead atoms. The summed E-state index contributed by atoms with van der Waals surface area (Å²) in [5.41, 5.74) is 0.716. The van der Waals surface area contributed by atoms with E-state index in [0.717, 1.165) is 15.4 Å². The van der Waals surface area contributed by atoms with E-state index < -0.39 is 0 Å². The van der Waals surface area contributed by atoms with E-state index in [1.54, 1.807) is 19.4 Å². The van der Waals surface area contributed by atoms with Crippen LogP contribution < -0.4 is 5.32 Å². The largest absolute Gasteiger partial charge is 0.357 e. The van der Waals surface area contributed by atoms with Crippen LogP contribution in [0.3, 0.4) is 0 Å². The first-order valence-electron chi connectivity index (χ1n) is 5.34. The van der Waals surface area contributed by atoms with Crippen LogP contribution in [0.1, 0.15) is 0 Å². The normalized spacial score (nSPS) is 10.7. The molecule has 6 nitrogen and oxygen atoms in total. The smallest absolute Gasteiger partial charge is 0.225 e. The van der Waals surface area contributed by atoms with Crippen molar-refractivity contribution < 1.29 is 0 Å². The highest BCUT2D eigenvalue weighted by Gasteiger charge is 2.10. The third-order valence-electron chi connectivity index (χ3n) is 2.34. The molecule has 0 unspecified atom stereocenters. The Balaban J connectivity index is 2.07. The highest BCUT2D eigenvalue weighted by molar-refractivity contribution is 7.99. The Kier molecular flexibility index (Phi) is 2.81. The van der Waals surface area contributed by atoms with Gasteiger partial charge in [-0.05, 0) is 23.9 Å². The lowest BCUT2D eigenvalue weighted by atomic mass is 10.4. The number of aromatic nitrogens is 5. The molecule has 3 heterocycles. The molecule has 18 heavy (non-hydrogen) atoms. The first kappa shape index (κ1) is 11.0. The molecule has 0 aliphatic carbocycles. The quantitative estimate of drug-likeness (QED) is 0.699. The Bertz CT molecular complexity index is 666. The summed E-state index contributed by atoms with van der Waals surface area (Å²) in [5.74, 6) is 0.560. The van der Waals surface area contributed by atoms with Gasteiger partial charge in [-0.1, -0.05) is 6.07 Å². The van der Waals surface area contributed by atoms with Gasteiger partial charge >= 0.3 is 0 Å². The Morgan fingerprint density at radius 1 is 1.28 bits per heavy atom. The predicted octanol–water partition coefficient (Wildman–Crippen LogP) is 1.94. The van der Waals surface area contributed by atoms with Crippen molar-refractivity contribution in [3.8, 4) is 0 Å². The van der Waals surface area contributed by atoms with E-state index in [2.05, 4.69) is 30.5 Å². The minimum absolute atomic E-state index is 0.560. The zero-order valence-electron chi connectivity index (χ0n) is 9.58. The average molecular weight is 258 g/mol. The Labute approximate surface area is 107 Å². The molecule has 0 saturated heterocycles. The zero-order valence-corrected chi connectivity index (χ0v) is 10.4. The average Bonchev–Trinajstić information content (AvgIpc) is 2.88. The number of nitrogens with one attached hydrogen (secondary N) is 2. The van der Waals surface area contributed by atoms with Crippen LogP contribution in [0.4, 0.5) is 5.95 Å². The van der Waals surface area contributed by atoms with Crippen LogP contribution >= 0.6 is 11.8 Å². The topological polar surface area (TPSA) is 79.4 Å². The molecular weight excluding hydrogens is 248 g/mol. The van der Waals surface area contributed by atoms with E-state index in [1.165, 1.54) is 11.8 Å². The van der Waals surface area contributed by atoms with Crippen molar-refractivity contribution in [2.75, 3.05) is 12.4 Å². The summed E-state index contributed by atoms with van der Waals surface area (Å²) in [4.78, 5) is 13.0. The number of aromatic amines is 1. The standard InChI is InChI=1S/C11H10N6S/c1-12-11-15-9-7(6-14-17-9)10(16-11)18-8-4-2-3-5-13-8/h2-6H,1H3,(H2,12,14,15,16,17). The lowest BCUT2D eigenvalue weighted by Gasteiger charge is -2.03. The van der Waals surface area contributed by atoms with Crippen molar-refractivity contribution in [1.82, 2.24) is 25.1 Å². The summed E-state index contributed by atoms with van der Waals surface area (Å²) in [6.45, 7) is 0. The fourth-order valence-electron chi connectivity index (χ4n) is 1.50. The number of rotatable bonds is 3. The molecule has 3 aromatic heterocycles. The number of H-pyrrole nitrogens is 1. The maximum Gasteiger partial charge on any atom is 0.225 e. The second kappa shape index (κ2) is 4.61. The summed E-state index contributed by atoms with van der Waals surface area (Å²) in [5, 5.41) is 12.4. The van der Waals surface area contributed by atoms with Crippen molar-refractivity contribution in [3.63, 3.8) is 0 Å². The molecule has 0 spiro atoms. The van der Waals surface area contributed by atoms with Crippen LogP contribution in [0, 0.1) is 0 Å². The van der Waals surface area contributed by atoms with Gasteiger partial charge in [0.1, 0.15) is 10.1 Å². The van der Waals surface area contributed by atoms with E-state index in [0.29, 0.717) is 11.6 Å². The molecule has 2 N–H and O–H groups in total. The molecular formula is C11H10N6S. The third-order valence-corrected chi connectivity index (χ3v) is 3.29.